The maximum absolute atomic E-state index is 10.6. The van der Waals surface area contributed by atoms with E-state index in [0.29, 0.717) is 5.92 Å². The number of carboxylic acids is 1. The van der Waals surface area contributed by atoms with E-state index in [1.165, 1.54) is 12.8 Å². The smallest absolute Gasteiger partial charge is 0.317 e. The van der Waals surface area contributed by atoms with E-state index in [-0.39, 0.29) is 18.6 Å². The molecule has 0 unspecified atom stereocenters. The molecule has 2 rings (SSSR count). The van der Waals surface area contributed by atoms with Gasteiger partial charge in [0.05, 0.1) is 13.2 Å². The maximum Gasteiger partial charge on any atom is 0.317 e. The van der Waals surface area contributed by atoms with Crippen LogP contribution in [0.1, 0.15) is 25.7 Å². The zero-order chi connectivity index (χ0) is 10.9. The zero-order valence-corrected chi connectivity index (χ0v) is 8.98. The molecule has 2 aliphatic rings. The molecule has 2 N–H and O–H groups in total. The van der Waals surface area contributed by atoms with Crippen LogP contribution in [0.2, 0.25) is 0 Å². The summed E-state index contributed by atoms with van der Waals surface area (Å²) in [5.74, 6) is -0.252. The highest BCUT2D eigenvalue weighted by atomic mass is 16.4. The summed E-state index contributed by atoms with van der Waals surface area (Å²) in [6.07, 6.45) is 4.62. The van der Waals surface area contributed by atoms with E-state index in [9.17, 15) is 9.90 Å². The fourth-order valence-corrected chi connectivity index (χ4v) is 3.26. The summed E-state index contributed by atoms with van der Waals surface area (Å²) in [5.41, 5.74) is 0.00764. The summed E-state index contributed by atoms with van der Waals surface area (Å²) >= 11 is 0. The monoisotopic (exact) mass is 213 g/mol. The lowest BCUT2D eigenvalue weighted by atomic mass is 9.69. The molecule has 15 heavy (non-hydrogen) atoms. The molecule has 86 valence electrons. The molecule has 1 saturated heterocycles. The Kier molecular flexibility index (Phi) is 2.98. The summed E-state index contributed by atoms with van der Waals surface area (Å²) in [5, 5.41) is 18.3. The van der Waals surface area contributed by atoms with Crippen LogP contribution in [0.3, 0.4) is 0 Å². The van der Waals surface area contributed by atoms with E-state index in [0.717, 1.165) is 25.9 Å². The first-order valence-electron chi connectivity index (χ1n) is 5.71. The van der Waals surface area contributed by atoms with E-state index in [2.05, 4.69) is 0 Å². The second-order valence-corrected chi connectivity index (χ2v) is 5.03. The van der Waals surface area contributed by atoms with Crippen LogP contribution in [0.25, 0.3) is 0 Å². The normalized spacial score (nSPS) is 36.5. The summed E-state index contributed by atoms with van der Waals surface area (Å²) in [4.78, 5) is 12.6. The van der Waals surface area contributed by atoms with E-state index in [4.69, 9.17) is 5.11 Å². The average Bonchev–Trinajstić information content (AvgIpc) is 2.55. The minimum Gasteiger partial charge on any atom is -0.480 e. The highest BCUT2D eigenvalue weighted by Crippen LogP contribution is 2.46. The van der Waals surface area contributed by atoms with E-state index < -0.39 is 5.97 Å². The number of likely N-dealkylation sites (tertiary alicyclic amines) is 1. The number of carboxylic acid groups (broad SMARTS) is 1. The number of aliphatic carboxylic acids is 1. The molecule has 0 aromatic heterocycles. The van der Waals surface area contributed by atoms with E-state index >= 15 is 0 Å². The molecule has 0 amide bonds. The summed E-state index contributed by atoms with van der Waals surface area (Å²) in [6, 6.07) is 0. The van der Waals surface area contributed by atoms with Gasteiger partial charge in [0.25, 0.3) is 0 Å². The molecule has 1 saturated carbocycles. The van der Waals surface area contributed by atoms with Gasteiger partial charge in [-0.2, -0.15) is 0 Å². The Hall–Kier alpha value is -0.610. The van der Waals surface area contributed by atoms with Crippen LogP contribution in [0.15, 0.2) is 0 Å². The Bertz CT molecular complexity index is 256. The van der Waals surface area contributed by atoms with Gasteiger partial charge < -0.3 is 10.2 Å². The van der Waals surface area contributed by atoms with Gasteiger partial charge in [-0.1, -0.05) is 12.8 Å². The number of hydrogen-bond acceptors (Lipinski definition) is 3. The van der Waals surface area contributed by atoms with Gasteiger partial charge in [0.1, 0.15) is 0 Å². The topological polar surface area (TPSA) is 60.8 Å². The molecule has 1 aliphatic heterocycles. The Morgan fingerprint density at radius 2 is 2.27 bits per heavy atom. The van der Waals surface area contributed by atoms with Crippen LogP contribution >= 0.6 is 0 Å². The van der Waals surface area contributed by atoms with Crippen molar-refractivity contribution in [1.82, 2.24) is 4.90 Å². The van der Waals surface area contributed by atoms with Gasteiger partial charge in [0.2, 0.25) is 0 Å². The number of nitrogens with zero attached hydrogens (tertiary/aromatic N) is 1. The first kappa shape index (κ1) is 10.9. The van der Waals surface area contributed by atoms with Crippen LogP contribution in [0, 0.1) is 11.3 Å². The van der Waals surface area contributed by atoms with Crippen LogP contribution in [0.4, 0.5) is 0 Å². The highest BCUT2D eigenvalue weighted by Gasteiger charge is 2.47. The quantitative estimate of drug-likeness (QED) is 0.719. The van der Waals surface area contributed by atoms with Crippen molar-refractivity contribution >= 4 is 5.97 Å². The van der Waals surface area contributed by atoms with Crippen molar-refractivity contribution in [3.05, 3.63) is 0 Å². The van der Waals surface area contributed by atoms with Gasteiger partial charge in [-0.3, -0.25) is 9.69 Å². The average molecular weight is 213 g/mol. The maximum atomic E-state index is 10.6. The van der Waals surface area contributed by atoms with Crippen molar-refractivity contribution < 1.29 is 15.0 Å². The molecule has 0 radical (unpaired) electrons. The SMILES string of the molecule is O=C(O)CN1C[C@H]2CCCC[C@]2(CO)C1. The molecule has 4 nitrogen and oxygen atoms in total. The van der Waals surface area contributed by atoms with Gasteiger partial charge in [-0.15, -0.1) is 0 Å². The van der Waals surface area contributed by atoms with Gasteiger partial charge in [0, 0.05) is 18.5 Å². The Labute approximate surface area is 89.9 Å². The van der Waals surface area contributed by atoms with Crippen LogP contribution in [-0.2, 0) is 4.79 Å². The van der Waals surface area contributed by atoms with Crippen LogP contribution in [-0.4, -0.2) is 47.3 Å². The lowest BCUT2D eigenvalue weighted by molar-refractivity contribution is -0.138. The number of aliphatic hydroxyl groups excluding tert-OH is 1. The standard InChI is InChI=1S/C11H19NO3/c13-8-11-4-2-1-3-9(11)5-12(7-11)6-10(14)15/h9,13H,1-8H2,(H,14,15)/t9-,11-/m1/s1. The first-order valence-corrected chi connectivity index (χ1v) is 5.71. The third-order valence-corrected chi connectivity index (χ3v) is 4.03. The Balaban J connectivity index is 2.04. The van der Waals surface area contributed by atoms with Gasteiger partial charge in [-0.25, -0.2) is 0 Å². The molecular formula is C11H19NO3. The minimum absolute atomic E-state index is 0.00764. The lowest BCUT2D eigenvalue weighted by Gasteiger charge is -2.36. The minimum atomic E-state index is -0.762. The number of carbonyl (C=O) groups is 1. The van der Waals surface area contributed by atoms with E-state index in [1.807, 2.05) is 4.90 Å². The highest BCUT2D eigenvalue weighted by molar-refractivity contribution is 5.69. The fourth-order valence-electron chi connectivity index (χ4n) is 3.26. The summed E-state index contributed by atoms with van der Waals surface area (Å²) in [6.45, 7) is 1.96. The predicted octanol–water partition coefficient (Wildman–Crippen LogP) is 0.555. The molecule has 0 aromatic carbocycles. The molecule has 0 aromatic rings. The van der Waals surface area contributed by atoms with Crippen molar-refractivity contribution in [3.63, 3.8) is 0 Å². The predicted molar refractivity (Wildman–Crippen MR) is 55.6 cm³/mol. The molecule has 2 atom stereocenters. The second-order valence-electron chi connectivity index (χ2n) is 5.03. The zero-order valence-electron chi connectivity index (χ0n) is 8.98. The van der Waals surface area contributed by atoms with Crippen molar-refractivity contribution in [2.24, 2.45) is 11.3 Å². The summed E-state index contributed by atoms with van der Waals surface area (Å²) < 4.78 is 0. The molecule has 1 heterocycles. The molecule has 2 fully saturated rings. The van der Waals surface area contributed by atoms with Crippen molar-refractivity contribution in [3.8, 4) is 0 Å². The lowest BCUT2D eigenvalue weighted by Crippen LogP contribution is -2.37. The number of rotatable bonds is 3. The molecule has 4 heteroatoms. The molecule has 0 bridgehead atoms. The second kappa shape index (κ2) is 4.10. The van der Waals surface area contributed by atoms with Crippen molar-refractivity contribution in [2.75, 3.05) is 26.2 Å². The fraction of sp³-hybridized carbons (Fsp3) is 0.909. The number of hydrogen-bond donors (Lipinski definition) is 2. The van der Waals surface area contributed by atoms with Gasteiger partial charge in [0.15, 0.2) is 0 Å². The molecular weight excluding hydrogens is 194 g/mol. The number of aliphatic hydroxyl groups is 1. The van der Waals surface area contributed by atoms with E-state index in [1.54, 1.807) is 0 Å². The summed E-state index contributed by atoms with van der Waals surface area (Å²) in [7, 11) is 0. The third kappa shape index (κ3) is 2.01. The number of fused-ring (bicyclic) bond motifs is 1. The molecule has 1 aliphatic carbocycles. The largest absolute Gasteiger partial charge is 0.480 e. The van der Waals surface area contributed by atoms with Crippen LogP contribution < -0.4 is 0 Å². The molecule has 0 spiro atoms. The Morgan fingerprint density at radius 3 is 2.87 bits per heavy atom. The van der Waals surface area contributed by atoms with Crippen molar-refractivity contribution in [2.45, 2.75) is 25.7 Å². The third-order valence-electron chi connectivity index (χ3n) is 4.03. The first-order chi connectivity index (χ1) is 7.16. The van der Waals surface area contributed by atoms with Gasteiger partial charge in [-0.05, 0) is 18.8 Å². The van der Waals surface area contributed by atoms with Crippen LogP contribution in [0.5, 0.6) is 0 Å². The Morgan fingerprint density at radius 1 is 1.47 bits per heavy atom. The van der Waals surface area contributed by atoms with Gasteiger partial charge >= 0.3 is 5.97 Å². The van der Waals surface area contributed by atoms with Crippen molar-refractivity contribution in [1.29, 1.82) is 0 Å².